The molecule has 0 aliphatic carbocycles. The first-order valence-electron chi connectivity index (χ1n) is 8.24. The zero-order valence-corrected chi connectivity index (χ0v) is 15.9. The largest absolute Gasteiger partial charge is 0.493 e. The summed E-state index contributed by atoms with van der Waals surface area (Å²) < 4.78 is 15.8. The van der Waals surface area contributed by atoms with Gasteiger partial charge in [0.2, 0.25) is 11.7 Å². The van der Waals surface area contributed by atoms with Crippen LogP contribution in [-0.2, 0) is 9.59 Å². The van der Waals surface area contributed by atoms with Gasteiger partial charge in [0.25, 0.3) is 0 Å². The van der Waals surface area contributed by atoms with E-state index < -0.39 is 11.5 Å². The molecule has 1 aromatic rings. The van der Waals surface area contributed by atoms with Crippen molar-refractivity contribution < 1.29 is 28.9 Å². The van der Waals surface area contributed by atoms with Crippen LogP contribution in [0.15, 0.2) is 18.2 Å². The van der Waals surface area contributed by atoms with Crippen molar-refractivity contribution in [1.82, 2.24) is 5.32 Å². The van der Waals surface area contributed by atoms with Crippen LogP contribution >= 0.6 is 0 Å². The van der Waals surface area contributed by atoms with E-state index in [-0.39, 0.29) is 12.3 Å². The monoisotopic (exact) mass is 365 g/mol. The third-order valence-corrected chi connectivity index (χ3v) is 3.77. The molecule has 0 saturated carbocycles. The number of carboxylic acid groups (broad SMARTS) is 1. The normalized spacial score (nSPS) is 11.3. The van der Waals surface area contributed by atoms with Crippen molar-refractivity contribution in [3.8, 4) is 17.2 Å². The first-order chi connectivity index (χ1) is 12.2. The molecule has 0 aromatic heterocycles. The van der Waals surface area contributed by atoms with Crippen LogP contribution in [0.1, 0.15) is 38.7 Å². The van der Waals surface area contributed by atoms with Crippen molar-refractivity contribution >= 4 is 18.0 Å². The zero-order valence-electron chi connectivity index (χ0n) is 15.9. The Morgan fingerprint density at radius 1 is 1.12 bits per heavy atom. The van der Waals surface area contributed by atoms with Crippen LogP contribution in [0.4, 0.5) is 0 Å². The highest BCUT2D eigenvalue weighted by Gasteiger charge is 2.19. The fourth-order valence-electron chi connectivity index (χ4n) is 2.49. The van der Waals surface area contributed by atoms with Gasteiger partial charge in [-0.1, -0.05) is 0 Å². The summed E-state index contributed by atoms with van der Waals surface area (Å²) >= 11 is 0. The fourth-order valence-corrected chi connectivity index (χ4v) is 2.49. The summed E-state index contributed by atoms with van der Waals surface area (Å²) in [7, 11) is 4.57. The van der Waals surface area contributed by atoms with Gasteiger partial charge in [-0.05, 0) is 50.5 Å². The number of carboxylic acids is 1. The summed E-state index contributed by atoms with van der Waals surface area (Å²) in [5.74, 6) is 0.381. The predicted molar refractivity (Wildman–Crippen MR) is 98.8 cm³/mol. The minimum absolute atomic E-state index is 0.0839. The SMILES string of the molecule is COc1cc(/C=C/C(=O)NC(C)(C)CCCC(=O)O)cc(OC)c1OC. The molecule has 0 spiro atoms. The average molecular weight is 365 g/mol. The van der Waals surface area contributed by atoms with E-state index in [1.54, 1.807) is 18.2 Å². The zero-order chi connectivity index (χ0) is 19.7. The molecule has 0 heterocycles. The second-order valence-electron chi connectivity index (χ2n) is 6.41. The first-order valence-corrected chi connectivity index (χ1v) is 8.24. The molecule has 0 bridgehead atoms. The van der Waals surface area contributed by atoms with Gasteiger partial charge in [0.05, 0.1) is 21.3 Å². The van der Waals surface area contributed by atoms with Crippen molar-refractivity contribution in [3.05, 3.63) is 23.8 Å². The molecule has 0 aliphatic heterocycles. The molecular formula is C19H27NO6. The predicted octanol–water partition coefficient (Wildman–Crippen LogP) is 2.88. The standard InChI is InChI=1S/C19H27NO6/c1-19(2,10-6-7-17(22)23)20-16(21)9-8-13-11-14(24-3)18(26-5)15(12-13)25-4/h8-9,11-12H,6-7,10H2,1-5H3,(H,20,21)(H,22,23)/b9-8+. The van der Waals surface area contributed by atoms with Crippen molar-refractivity contribution in [2.75, 3.05) is 21.3 Å². The van der Waals surface area contributed by atoms with Gasteiger partial charge in [-0.3, -0.25) is 9.59 Å². The maximum atomic E-state index is 12.2. The number of hydrogen-bond acceptors (Lipinski definition) is 5. The highest BCUT2D eigenvalue weighted by Crippen LogP contribution is 2.38. The summed E-state index contributed by atoms with van der Waals surface area (Å²) in [5.41, 5.74) is 0.227. The molecule has 7 heteroatoms. The minimum Gasteiger partial charge on any atom is -0.493 e. The number of methoxy groups -OCH3 is 3. The number of carbonyl (C=O) groups excluding carboxylic acids is 1. The van der Waals surface area contributed by atoms with Crippen LogP contribution in [0.3, 0.4) is 0 Å². The Kier molecular flexibility index (Phi) is 7.96. The van der Waals surface area contributed by atoms with Crippen LogP contribution in [0.2, 0.25) is 0 Å². The Hall–Kier alpha value is -2.70. The molecule has 1 rings (SSSR count). The number of benzene rings is 1. The third-order valence-electron chi connectivity index (χ3n) is 3.77. The van der Waals surface area contributed by atoms with Crippen molar-refractivity contribution in [2.24, 2.45) is 0 Å². The Morgan fingerprint density at radius 3 is 2.15 bits per heavy atom. The van der Waals surface area contributed by atoms with Gasteiger partial charge in [-0.15, -0.1) is 0 Å². The molecule has 0 saturated heterocycles. The van der Waals surface area contributed by atoms with Gasteiger partial charge in [0, 0.05) is 18.0 Å². The molecule has 0 radical (unpaired) electrons. The molecule has 1 amide bonds. The van der Waals surface area contributed by atoms with Gasteiger partial charge in [0.1, 0.15) is 0 Å². The van der Waals surface area contributed by atoms with Crippen LogP contribution < -0.4 is 19.5 Å². The van der Waals surface area contributed by atoms with Crippen molar-refractivity contribution in [1.29, 1.82) is 0 Å². The first kappa shape index (κ1) is 21.3. The Bertz CT molecular complexity index is 641. The van der Waals surface area contributed by atoms with Crippen molar-refractivity contribution in [2.45, 2.75) is 38.6 Å². The van der Waals surface area contributed by atoms with E-state index in [0.29, 0.717) is 30.1 Å². The maximum Gasteiger partial charge on any atom is 0.303 e. The number of nitrogens with one attached hydrogen (secondary N) is 1. The van der Waals surface area contributed by atoms with E-state index in [0.717, 1.165) is 5.56 Å². The molecule has 2 N–H and O–H groups in total. The number of hydrogen-bond donors (Lipinski definition) is 2. The maximum absolute atomic E-state index is 12.2. The van der Waals surface area contributed by atoms with Gasteiger partial charge in [0.15, 0.2) is 11.5 Å². The van der Waals surface area contributed by atoms with E-state index in [1.807, 2.05) is 13.8 Å². The lowest BCUT2D eigenvalue weighted by atomic mass is 9.97. The second-order valence-corrected chi connectivity index (χ2v) is 6.41. The second kappa shape index (κ2) is 9.70. The van der Waals surface area contributed by atoms with Gasteiger partial charge >= 0.3 is 5.97 Å². The highest BCUT2D eigenvalue weighted by atomic mass is 16.5. The Morgan fingerprint density at radius 2 is 1.69 bits per heavy atom. The molecular weight excluding hydrogens is 338 g/mol. The number of rotatable bonds is 10. The smallest absolute Gasteiger partial charge is 0.303 e. The molecule has 1 aromatic carbocycles. The van der Waals surface area contributed by atoms with Crippen LogP contribution in [-0.4, -0.2) is 43.9 Å². The Balaban J connectivity index is 2.80. The number of aliphatic carboxylic acids is 1. The summed E-state index contributed by atoms with van der Waals surface area (Å²) in [6.45, 7) is 3.72. The van der Waals surface area contributed by atoms with Crippen molar-refractivity contribution in [3.63, 3.8) is 0 Å². The van der Waals surface area contributed by atoms with Gasteiger partial charge in [-0.25, -0.2) is 0 Å². The number of amides is 1. The minimum atomic E-state index is -0.838. The third kappa shape index (κ3) is 6.66. The molecule has 0 unspecified atom stereocenters. The van der Waals surface area contributed by atoms with E-state index in [9.17, 15) is 9.59 Å². The lowest BCUT2D eigenvalue weighted by Crippen LogP contribution is -2.42. The summed E-state index contributed by atoms with van der Waals surface area (Å²) in [5, 5.41) is 11.6. The van der Waals surface area contributed by atoms with Crippen LogP contribution in [0, 0.1) is 0 Å². The number of ether oxygens (including phenoxy) is 3. The molecule has 0 atom stereocenters. The Labute approximate surface area is 153 Å². The highest BCUT2D eigenvalue weighted by molar-refractivity contribution is 5.92. The molecule has 0 fully saturated rings. The fraction of sp³-hybridized carbons (Fsp3) is 0.474. The quantitative estimate of drug-likeness (QED) is 0.619. The lowest BCUT2D eigenvalue weighted by molar-refractivity contribution is -0.137. The van der Waals surface area contributed by atoms with E-state index in [1.165, 1.54) is 27.4 Å². The van der Waals surface area contributed by atoms with Crippen LogP contribution in [0.5, 0.6) is 17.2 Å². The number of carbonyl (C=O) groups is 2. The summed E-state index contributed by atoms with van der Waals surface area (Å²) in [6, 6.07) is 3.48. The molecule has 144 valence electrons. The van der Waals surface area contributed by atoms with Gasteiger partial charge < -0.3 is 24.6 Å². The van der Waals surface area contributed by atoms with Gasteiger partial charge in [-0.2, -0.15) is 0 Å². The van der Waals surface area contributed by atoms with Crippen LogP contribution in [0.25, 0.3) is 6.08 Å². The molecule has 7 nitrogen and oxygen atoms in total. The molecule has 0 aliphatic rings. The summed E-state index contributed by atoms with van der Waals surface area (Å²) in [4.78, 5) is 22.7. The lowest BCUT2D eigenvalue weighted by Gasteiger charge is -2.25. The van der Waals surface area contributed by atoms with E-state index in [2.05, 4.69) is 5.32 Å². The molecule has 26 heavy (non-hydrogen) atoms. The average Bonchev–Trinajstić information content (AvgIpc) is 2.57. The van der Waals surface area contributed by atoms with E-state index in [4.69, 9.17) is 19.3 Å². The topological polar surface area (TPSA) is 94.1 Å². The summed E-state index contributed by atoms with van der Waals surface area (Å²) in [6.07, 6.45) is 4.22. The van der Waals surface area contributed by atoms with E-state index >= 15 is 0 Å².